The van der Waals surface area contributed by atoms with E-state index in [0.29, 0.717) is 52.3 Å². The predicted octanol–water partition coefficient (Wildman–Crippen LogP) is 5.44. The highest BCUT2D eigenvalue weighted by molar-refractivity contribution is 5.89. The molecule has 4 aromatic rings. The summed E-state index contributed by atoms with van der Waals surface area (Å²) in [5.41, 5.74) is 1.27. The van der Waals surface area contributed by atoms with Crippen molar-refractivity contribution >= 4 is 39.2 Å². The van der Waals surface area contributed by atoms with E-state index < -0.39 is 30.7 Å². The van der Waals surface area contributed by atoms with Crippen LogP contribution >= 0.6 is 0 Å². The summed E-state index contributed by atoms with van der Waals surface area (Å²) in [6.45, 7) is 2.95. The number of hydrogen-bond donors (Lipinski definition) is 2. The van der Waals surface area contributed by atoms with Gasteiger partial charge in [0.1, 0.15) is 12.4 Å². The van der Waals surface area contributed by atoms with Crippen molar-refractivity contribution in [2.75, 3.05) is 59.2 Å². The number of benzene rings is 4. The SMILES string of the molecule is O=C(COC(C(=O)O)C(OCCCCOc1ccc2ccccc2c1)C(=O)NCCCCCc1ccc2ccccc2c1)CN1CCOCC1. The van der Waals surface area contributed by atoms with Crippen molar-refractivity contribution in [2.45, 2.75) is 50.7 Å². The van der Waals surface area contributed by atoms with Crippen molar-refractivity contribution in [1.82, 2.24) is 10.2 Å². The molecular weight excluding hydrogens is 636 g/mol. The molecule has 1 aliphatic rings. The minimum atomic E-state index is -1.63. The lowest BCUT2D eigenvalue weighted by Gasteiger charge is -2.27. The third-order valence-corrected chi connectivity index (χ3v) is 8.79. The van der Waals surface area contributed by atoms with Gasteiger partial charge in [0.25, 0.3) is 5.91 Å². The van der Waals surface area contributed by atoms with Crippen LogP contribution < -0.4 is 10.1 Å². The normalized spacial score (nSPS) is 14.7. The highest BCUT2D eigenvalue weighted by Crippen LogP contribution is 2.21. The molecule has 10 nitrogen and oxygen atoms in total. The Hall–Kier alpha value is -4.35. The smallest absolute Gasteiger partial charge is 0.336 e. The standard InChI is InChI=1S/C40H48N2O8/c43-35(28-42-20-24-47-25-21-42)29-50-38(40(45)46)37(49-23-9-8-22-48-36-18-17-32-12-4-6-14-34(32)27-36)39(44)41-19-7-1-2-10-30-15-16-31-11-3-5-13-33(31)26-30/h3-6,11-18,26-27,37-38H,1-2,7-10,19-25,28-29H2,(H,41,44)(H,45,46). The molecule has 0 aromatic heterocycles. The molecule has 1 aliphatic heterocycles. The highest BCUT2D eigenvalue weighted by atomic mass is 16.6. The van der Waals surface area contributed by atoms with Crippen LogP contribution in [0.4, 0.5) is 0 Å². The first-order valence-corrected chi connectivity index (χ1v) is 17.6. The van der Waals surface area contributed by atoms with E-state index in [0.717, 1.165) is 42.2 Å². The average molecular weight is 685 g/mol. The van der Waals surface area contributed by atoms with Gasteiger partial charge in [-0.25, -0.2) is 4.79 Å². The minimum Gasteiger partial charge on any atom is -0.494 e. The van der Waals surface area contributed by atoms with E-state index in [1.54, 1.807) is 0 Å². The summed E-state index contributed by atoms with van der Waals surface area (Å²) in [5.74, 6) is -1.44. The van der Waals surface area contributed by atoms with Gasteiger partial charge < -0.3 is 29.4 Å². The van der Waals surface area contributed by atoms with Crippen molar-refractivity contribution in [3.63, 3.8) is 0 Å². The van der Waals surface area contributed by atoms with Crippen molar-refractivity contribution in [1.29, 1.82) is 0 Å². The Kier molecular flexibility index (Phi) is 14.6. The molecule has 2 N–H and O–H groups in total. The zero-order valence-electron chi connectivity index (χ0n) is 28.6. The lowest BCUT2D eigenvalue weighted by atomic mass is 10.0. The Morgan fingerprint density at radius 2 is 1.42 bits per heavy atom. The number of rotatable bonds is 21. The second kappa shape index (κ2) is 19.7. The van der Waals surface area contributed by atoms with Gasteiger partial charge in [-0.3, -0.25) is 14.5 Å². The van der Waals surface area contributed by atoms with E-state index in [2.05, 4.69) is 35.6 Å². The number of ether oxygens (including phenoxy) is 4. The van der Waals surface area contributed by atoms with Gasteiger partial charge in [-0.15, -0.1) is 0 Å². The molecule has 2 unspecified atom stereocenters. The van der Waals surface area contributed by atoms with Crippen LogP contribution in [0, 0.1) is 0 Å². The van der Waals surface area contributed by atoms with Crippen molar-refractivity contribution < 1.29 is 38.4 Å². The molecule has 1 fully saturated rings. The number of aryl methyl sites for hydroxylation is 1. The summed E-state index contributed by atoms with van der Waals surface area (Å²) in [4.78, 5) is 40.2. The molecule has 10 heteroatoms. The van der Waals surface area contributed by atoms with Crippen LogP contribution in [0.3, 0.4) is 0 Å². The number of morpholine rings is 1. The monoisotopic (exact) mass is 684 g/mol. The van der Waals surface area contributed by atoms with E-state index in [-0.39, 0.29) is 18.9 Å². The van der Waals surface area contributed by atoms with Gasteiger partial charge in [-0.05, 0) is 71.3 Å². The maximum atomic E-state index is 13.3. The second-order valence-corrected chi connectivity index (χ2v) is 12.6. The fourth-order valence-electron chi connectivity index (χ4n) is 6.02. The zero-order valence-corrected chi connectivity index (χ0v) is 28.6. The number of Topliss-reactive ketones (excluding diaryl/α,β-unsaturated/α-hetero) is 1. The lowest BCUT2D eigenvalue weighted by Crippen LogP contribution is -2.50. The fraction of sp³-hybridized carbons (Fsp3) is 0.425. The number of carboxylic acid groups (broad SMARTS) is 1. The van der Waals surface area contributed by atoms with Crippen molar-refractivity contribution in [2.24, 2.45) is 0 Å². The first-order chi connectivity index (χ1) is 24.5. The van der Waals surface area contributed by atoms with Gasteiger partial charge in [-0.2, -0.15) is 0 Å². The van der Waals surface area contributed by atoms with E-state index in [1.165, 1.54) is 16.3 Å². The third-order valence-electron chi connectivity index (χ3n) is 8.79. The molecule has 5 rings (SSSR count). The first-order valence-electron chi connectivity index (χ1n) is 17.6. The summed E-state index contributed by atoms with van der Waals surface area (Å²) in [6, 6.07) is 28.8. The van der Waals surface area contributed by atoms with E-state index >= 15 is 0 Å². The molecule has 0 spiro atoms. The molecular formula is C40H48N2O8. The number of aliphatic carboxylic acids is 1. The molecule has 50 heavy (non-hydrogen) atoms. The number of nitrogens with one attached hydrogen (secondary N) is 1. The minimum absolute atomic E-state index is 0.125. The molecule has 2 atom stereocenters. The summed E-state index contributed by atoms with van der Waals surface area (Å²) in [7, 11) is 0. The van der Waals surface area contributed by atoms with E-state index in [9.17, 15) is 19.5 Å². The highest BCUT2D eigenvalue weighted by Gasteiger charge is 2.36. The Morgan fingerprint density at radius 1 is 0.740 bits per heavy atom. The summed E-state index contributed by atoms with van der Waals surface area (Å²) in [5, 5.41) is 17.6. The Morgan fingerprint density at radius 3 is 2.16 bits per heavy atom. The van der Waals surface area contributed by atoms with Crippen LogP contribution in [0.5, 0.6) is 5.75 Å². The van der Waals surface area contributed by atoms with Gasteiger partial charge in [0.15, 0.2) is 18.0 Å². The van der Waals surface area contributed by atoms with E-state index in [1.807, 2.05) is 59.5 Å². The summed E-state index contributed by atoms with van der Waals surface area (Å²) in [6.07, 6.45) is 1.64. The molecule has 1 heterocycles. The first kappa shape index (κ1) is 36.9. The van der Waals surface area contributed by atoms with Crippen LogP contribution in [0.1, 0.15) is 37.7 Å². The Balaban J connectivity index is 1.08. The molecule has 1 amide bonds. The van der Waals surface area contributed by atoms with Crippen LogP contribution in [0.15, 0.2) is 84.9 Å². The Bertz CT molecular complexity index is 1690. The van der Waals surface area contributed by atoms with Gasteiger partial charge in [0, 0.05) is 26.2 Å². The third kappa shape index (κ3) is 11.6. The van der Waals surface area contributed by atoms with Crippen LogP contribution in [0.2, 0.25) is 0 Å². The number of carbonyl (C=O) groups excluding carboxylic acids is 2. The largest absolute Gasteiger partial charge is 0.494 e. The van der Waals surface area contributed by atoms with Crippen molar-refractivity contribution in [3.8, 4) is 5.75 Å². The predicted molar refractivity (Wildman–Crippen MR) is 193 cm³/mol. The number of hydrogen-bond acceptors (Lipinski definition) is 8. The maximum absolute atomic E-state index is 13.3. The van der Waals surface area contributed by atoms with E-state index in [4.69, 9.17) is 18.9 Å². The second-order valence-electron chi connectivity index (χ2n) is 12.6. The molecule has 0 aliphatic carbocycles. The number of nitrogens with zero attached hydrogens (tertiary/aromatic N) is 1. The number of fused-ring (bicyclic) bond motifs is 2. The van der Waals surface area contributed by atoms with Crippen LogP contribution in [0.25, 0.3) is 21.5 Å². The maximum Gasteiger partial charge on any atom is 0.336 e. The number of unbranched alkanes of at least 4 members (excludes halogenated alkanes) is 3. The van der Waals surface area contributed by atoms with Gasteiger partial charge >= 0.3 is 5.97 Å². The molecule has 0 saturated carbocycles. The number of carboxylic acids is 1. The molecule has 4 aromatic carbocycles. The molecule has 0 radical (unpaired) electrons. The van der Waals surface area contributed by atoms with Crippen molar-refractivity contribution in [3.05, 3.63) is 90.5 Å². The number of ketones is 1. The van der Waals surface area contributed by atoms with Gasteiger partial charge in [-0.1, -0.05) is 79.2 Å². The van der Waals surface area contributed by atoms with Gasteiger partial charge in [0.05, 0.1) is 26.4 Å². The molecule has 266 valence electrons. The summed E-state index contributed by atoms with van der Waals surface area (Å²) >= 11 is 0. The quantitative estimate of drug-likeness (QED) is 0.111. The number of amides is 1. The lowest BCUT2D eigenvalue weighted by molar-refractivity contribution is -0.170. The van der Waals surface area contributed by atoms with Gasteiger partial charge in [0.2, 0.25) is 0 Å². The summed E-state index contributed by atoms with van der Waals surface area (Å²) < 4.78 is 22.7. The van der Waals surface area contributed by atoms with Crippen LogP contribution in [-0.2, 0) is 35.0 Å². The molecule has 1 saturated heterocycles. The zero-order chi connectivity index (χ0) is 35.0. The number of carbonyl (C=O) groups is 3. The Labute approximate surface area is 293 Å². The molecule has 0 bridgehead atoms. The topological polar surface area (TPSA) is 124 Å². The fourth-order valence-corrected chi connectivity index (χ4v) is 6.02. The van der Waals surface area contributed by atoms with Crippen LogP contribution in [-0.4, -0.2) is 99.1 Å². The average Bonchev–Trinajstić information content (AvgIpc) is 3.13.